The quantitative estimate of drug-likeness (QED) is 0.634. The molecule has 1 heterocycles. The number of anilines is 1. The van der Waals surface area contributed by atoms with E-state index in [4.69, 9.17) is 10.5 Å². The van der Waals surface area contributed by atoms with E-state index in [1.54, 1.807) is 12.1 Å². The molecule has 122 valence electrons. The standard InChI is InChI=1S/C16H18F2N4O/c1-11-2-4-13(5-3-11)22-16(19)21-9-12-6-7-20-15(8-12)23-10-14(17)18/h2-8,14H,9-10H2,1H3,(H3,19,21,22). The first kappa shape index (κ1) is 16.7. The zero-order valence-corrected chi connectivity index (χ0v) is 12.7. The molecule has 23 heavy (non-hydrogen) atoms. The fourth-order valence-electron chi connectivity index (χ4n) is 1.78. The first-order valence-electron chi connectivity index (χ1n) is 7.02. The van der Waals surface area contributed by atoms with Gasteiger partial charge in [-0.15, -0.1) is 0 Å². The molecule has 1 aromatic carbocycles. The molecule has 0 fully saturated rings. The Morgan fingerprint density at radius 3 is 2.74 bits per heavy atom. The van der Waals surface area contributed by atoms with Crippen molar-refractivity contribution in [2.24, 2.45) is 10.7 Å². The molecule has 0 unspecified atom stereocenters. The van der Waals surface area contributed by atoms with Gasteiger partial charge in [0.25, 0.3) is 6.43 Å². The number of aryl methyl sites for hydroxylation is 1. The van der Waals surface area contributed by atoms with Gasteiger partial charge in [0, 0.05) is 18.0 Å². The number of aromatic nitrogens is 1. The average Bonchev–Trinajstić information content (AvgIpc) is 2.54. The number of guanidine groups is 1. The molecule has 0 aliphatic carbocycles. The molecule has 0 aliphatic heterocycles. The number of nitrogens with two attached hydrogens (primary N) is 1. The molecule has 2 aromatic rings. The molecule has 0 spiro atoms. The zero-order chi connectivity index (χ0) is 16.7. The van der Waals surface area contributed by atoms with Gasteiger partial charge in [-0.05, 0) is 30.7 Å². The van der Waals surface area contributed by atoms with Gasteiger partial charge in [-0.1, -0.05) is 17.7 Å². The van der Waals surface area contributed by atoms with Crippen molar-refractivity contribution in [2.75, 3.05) is 11.9 Å². The molecule has 7 heteroatoms. The molecule has 0 saturated heterocycles. The van der Waals surface area contributed by atoms with Gasteiger partial charge in [0.2, 0.25) is 5.88 Å². The SMILES string of the molecule is Cc1ccc(NC(N)=NCc2ccnc(OCC(F)F)c2)cc1. The van der Waals surface area contributed by atoms with E-state index in [0.29, 0.717) is 0 Å². The van der Waals surface area contributed by atoms with E-state index in [0.717, 1.165) is 16.8 Å². The number of ether oxygens (including phenoxy) is 1. The van der Waals surface area contributed by atoms with E-state index in [2.05, 4.69) is 15.3 Å². The highest BCUT2D eigenvalue weighted by Crippen LogP contribution is 2.12. The number of benzene rings is 1. The van der Waals surface area contributed by atoms with Gasteiger partial charge in [-0.25, -0.2) is 18.8 Å². The van der Waals surface area contributed by atoms with Crippen LogP contribution in [0.15, 0.2) is 47.6 Å². The normalized spacial score (nSPS) is 11.6. The predicted octanol–water partition coefficient (Wildman–Crippen LogP) is 2.96. The highest BCUT2D eigenvalue weighted by atomic mass is 19.3. The Morgan fingerprint density at radius 1 is 1.30 bits per heavy atom. The third-order valence-corrected chi connectivity index (χ3v) is 2.91. The van der Waals surface area contributed by atoms with Crippen molar-refractivity contribution < 1.29 is 13.5 Å². The second-order valence-corrected chi connectivity index (χ2v) is 4.90. The Hall–Kier alpha value is -2.70. The Morgan fingerprint density at radius 2 is 2.04 bits per heavy atom. The first-order valence-corrected chi connectivity index (χ1v) is 7.02. The summed E-state index contributed by atoms with van der Waals surface area (Å²) in [5.41, 5.74) is 8.58. The van der Waals surface area contributed by atoms with E-state index in [1.807, 2.05) is 31.2 Å². The number of hydrogen-bond donors (Lipinski definition) is 2. The molecule has 0 saturated carbocycles. The summed E-state index contributed by atoms with van der Waals surface area (Å²) in [4.78, 5) is 8.06. The van der Waals surface area contributed by atoms with Crippen molar-refractivity contribution in [3.8, 4) is 5.88 Å². The van der Waals surface area contributed by atoms with E-state index in [9.17, 15) is 8.78 Å². The summed E-state index contributed by atoms with van der Waals surface area (Å²) in [6, 6.07) is 11.0. The maximum absolute atomic E-state index is 12.1. The number of hydrogen-bond acceptors (Lipinski definition) is 3. The summed E-state index contributed by atoms with van der Waals surface area (Å²) in [7, 11) is 0. The minimum Gasteiger partial charge on any atom is -0.472 e. The van der Waals surface area contributed by atoms with Gasteiger partial charge in [-0.2, -0.15) is 0 Å². The molecule has 3 N–H and O–H groups in total. The van der Waals surface area contributed by atoms with Crippen LogP contribution in [-0.2, 0) is 6.54 Å². The molecule has 0 aliphatic rings. The summed E-state index contributed by atoms with van der Waals surface area (Å²) < 4.78 is 29.1. The van der Waals surface area contributed by atoms with Gasteiger partial charge in [-0.3, -0.25) is 0 Å². The molecule has 0 bridgehead atoms. The van der Waals surface area contributed by atoms with Crippen molar-refractivity contribution in [2.45, 2.75) is 19.9 Å². The third-order valence-electron chi connectivity index (χ3n) is 2.91. The van der Waals surface area contributed by atoms with Gasteiger partial charge in [0.05, 0.1) is 6.54 Å². The van der Waals surface area contributed by atoms with Crippen LogP contribution in [0.2, 0.25) is 0 Å². The summed E-state index contributed by atoms with van der Waals surface area (Å²) >= 11 is 0. The lowest BCUT2D eigenvalue weighted by Gasteiger charge is -2.07. The zero-order valence-electron chi connectivity index (χ0n) is 12.7. The summed E-state index contributed by atoms with van der Waals surface area (Å²) in [5, 5.41) is 2.98. The van der Waals surface area contributed by atoms with Gasteiger partial charge in [0.1, 0.15) is 0 Å². The predicted molar refractivity (Wildman–Crippen MR) is 85.9 cm³/mol. The fraction of sp³-hybridized carbons (Fsp3) is 0.250. The van der Waals surface area contributed by atoms with E-state index < -0.39 is 13.0 Å². The number of alkyl halides is 2. The van der Waals surface area contributed by atoms with E-state index in [1.165, 1.54) is 6.20 Å². The van der Waals surface area contributed by atoms with Gasteiger partial charge >= 0.3 is 0 Å². The van der Waals surface area contributed by atoms with Crippen molar-refractivity contribution in [1.29, 1.82) is 0 Å². The van der Waals surface area contributed by atoms with Crippen molar-refractivity contribution in [1.82, 2.24) is 4.98 Å². The number of nitrogens with one attached hydrogen (secondary N) is 1. The minimum atomic E-state index is -2.53. The number of pyridine rings is 1. The average molecular weight is 320 g/mol. The van der Waals surface area contributed by atoms with Crippen LogP contribution in [-0.4, -0.2) is 24.0 Å². The number of rotatable bonds is 6. The van der Waals surface area contributed by atoms with Crippen molar-refractivity contribution in [3.63, 3.8) is 0 Å². The second-order valence-electron chi connectivity index (χ2n) is 4.90. The molecular formula is C16H18F2N4O. The first-order chi connectivity index (χ1) is 11.0. The largest absolute Gasteiger partial charge is 0.472 e. The molecule has 0 amide bonds. The number of nitrogens with zero attached hydrogens (tertiary/aromatic N) is 2. The lowest BCUT2D eigenvalue weighted by Crippen LogP contribution is -2.22. The highest BCUT2D eigenvalue weighted by molar-refractivity contribution is 5.92. The Labute approximate surface area is 133 Å². The molecular weight excluding hydrogens is 302 g/mol. The summed E-state index contributed by atoms with van der Waals surface area (Å²) in [6.45, 7) is 1.60. The van der Waals surface area contributed by atoms with Gasteiger partial charge in [0.15, 0.2) is 12.6 Å². The van der Waals surface area contributed by atoms with Crippen LogP contribution in [0.25, 0.3) is 0 Å². The van der Waals surface area contributed by atoms with Gasteiger partial charge < -0.3 is 15.8 Å². The Kier molecular flexibility index (Phi) is 5.85. The monoisotopic (exact) mass is 320 g/mol. The molecule has 0 radical (unpaired) electrons. The third kappa shape index (κ3) is 5.90. The van der Waals surface area contributed by atoms with Crippen molar-refractivity contribution in [3.05, 3.63) is 53.7 Å². The van der Waals surface area contributed by atoms with Crippen LogP contribution in [0.1, 0.15) is 11.1 Å². The van der Waals surface area contributed by atoms with Crippen LogP contribution >= 0.6 is 0 Å². The van der Waals surface area contributed by atoms with Crippen LogP contribution in [0.4, 0.5) is 14.5 Å². The van der Waals surface area contributed by atoms with Crippen molar-refractivity contribution >= 4 is 11.6 Å². The fourth-order valence-corrected chi connectivity index (χ4v) is 1.78. The maximum atomic E-state index is 12.1. The van der Waals surface area contributed by atoms with Crippen LogP contribution < -0.4 is 15.8 Å². The molecule has 5 nitrogen and oxygen atoms in total. The van der Waals surface area contributed by atoms with Crippen LogP contribution in [0.5, 0.6) is 5.88 Å². The maximum Gasteiger partial charge on any atom is 0.272 e. The lowest BCUT2D eigenvalue weighted by molar-refractivity contribution is 0.0795. The molecule has 1 aromatic heterocycles. The molecule has 0 atom stereocenters. The Balaban J connectivity index is 1.93. The summed E-state index contributed by atoms with van der Waals surface area (Å²) in [6.07, 6.45) is -1.05. The van der Waals surface area contributed by atoms with Crippen LogP contribution in [0, 0.1) is 6.92 Å². The number of halogens is 2. The second kappa shape index (κ2) is 8.07. The summed E-state index contributed by atoms with van der Waals surface area (Å²) in [5.74, 6) is 0.406. The van der Waals surface area contributed by atoms with E-state index in [-0.39, 0.29) is 18.4 Å². The van der Waals surface area contributed by atoms with Crippen LogP contribution in [0.3, 0.4) is 0 Å². The Bertz CT molecular complexity index is 659. The topological polar surface area (TPSA) is 72.5 Å². The minimum absolute atomic E-state index is 0.142. The van der Waals surface area contributed by atoms with E-state index >= 15 is 0 Å². The molecule has 2 rings (SSSR count). The smallest absolute Gasteiger partial charge is 0.272 e. The lowest BCUT2D eigenvalue weighted by atomic mass is 10.2. The number of aliphatic imine (C=N–C) groups is 1. The highest BCUT2D eigenvalue weighted by Gasteiger charge is 2.05.